The normalized spacial score (nSPS) is 17.0. The van der Waals surface area contributed by atoms with Gasteiger partial charge in [-0.1, -0.05) is 18.6 Å². The van der Waals surface area contributed by atoms with Gasteiger partial charge in [-0.25, -0.2) is 4.79 Å². The van der Waals surface area contributed by atoms with Gasteiger partial charge in [0.25, 0.3) is 0 Å². The van der Waals surface area contributed by atoms with Gasteiger partial charge in [-0.15, -0.1) is 0 Å². The highest BCUT2D eigenvalue weighted by atomic mass is 32.1. The molecule has 0 spiro atoms. The number of carboxylic acids is 2. The summed E-state index contributed by atoms with van der Waals surface area (Å²) in [7, 11) is 0. The Morgan fingerprint density at radius 2 is 1.62 bits per heavy atom. The van der Waals surface area contributed by atoms with E-state index in [1.54, 1.807) is 11.3 Å². The van der Waals surface area contributed by atoms with Crippen molar-refractivity contribution in [1.29, 1.82) is 0 Å². The van der Waals surface area contributed by atoms with Crippen molar-refractivity contribution in [3.63, 3.8) is 0 Å². The first-order valence-electron chi connectivity index (χ1n) is 7.68. The van der Waals surface area contributed by atoms with Gasteiger partial charge in [0.15, 0.2) is 5.60 Å². The number of rotatable bonds is 6. The van der Waals surface area contributed by atoms with Crippen molar-refractivity contribution in [2.75, 3.05) is 0 Å². The monoisotopic (exact) mass is 358 g/mol. The molecule has 8 heteroatoms. The van der Waals surface area contributed by atoms with Gasteiger partial charge in [-0.2, -0.15) is 11.3 Å². The van der Waals surface area contributed by atoms with E-state index >= 15 is 0 Å². The van der Waals surface area contributed by atoms with Crippen LogP contribution in [0.3, 0.4) is 0 Å². The molecule has 0 saturated heterocycles. The smallest absolute Gasteiger partial charge is 0.336 e. The fourth-order valence-electron chi connectivity index (χ4n) is 2.34. The van der Waals surface area contributed by atoms with Crippen molar-refractivity contribution in [2.24, 2.45) is 0 Å². The van der Waals surface area contributed by atoms with E-state index in [0.717, 1.165) is 32.1 Å². The summed E-state index contributed by atoms with van der Waals surface area (Å²) >= 11 is 1.71. The number of hydrogen-bond donors (Lipinski definition) is 3. The minimum Gasteiger partial charge on any atom is -0.481 e. The number of carbonyl (C=O) groups is 3. The molecular weight excluding hydrogens is 336 g/mol. The Kier molecular flexibility index (Phi) is 8.42. The summed E-state index contributed by atoms with van der Waals surface area (Å²) in [5.74, 6) is -4.11. The van der Waals surface area contributed by atoms with Gasteiger partial charge in [0.1, 0.15) is 6.10 Å². The standard InChI is InChI=1S/C12H18O7.C4H4S/c13-9(14)6-12(18,11(16)17)7-10(15)19-8-4-2-1-3-5-8;1-2-4-5-3-1/h8,18H,1-7H2,(H,13,14)(H,16,17);1-4H. The molecule has 0 bridgehead atoms. The first-order chi connectivity index (χ1) is 11.3. The van der Waals surface area contributed by atoms with Crippen LogP contribution in [0.15, 0.2) is 22.9 Å². The van der Waals surface area contributed by atoms with Crippen molar-refractivity contribution < 1.29 is 34.4 Å². The summed E-state index contributed by atoms with van der Waals surface area (Å²) in [5, 5.41) is 31.1. The zero-order valence-electron chi connectivity index (χ0n) is 13.2. The number of aliphatic hydroxyl groups is 1. The van der Waals surface area contributed by atoms with Gasteiger partial charge in [0.05, 0.1) is 12.8 Å². The summed E-state index contributed by atoms with van der Waals surface area (Å²) in [6.45, 7) is 0. The molecule has 1 fully saturated rings. The minimum atomic E-state index is -2.61. The molecule has 2 rings (SSSR count). The molecule has 1 aliphatic carbocycles. The van der Waals surface area contributed by atoms with Crippen LogP contribution in [0, 0.1) is 0 Å². The van der Waals surface area contributed by atoms with Gasteiger partial charge in [-0.05, 0) is 36.4 Å². The molecule has 1 heterocycles. The first kappa shape index (κ1) is 20.1. The molecular formula is C16H22O7S. The third-order valence-electron chi connectivity index (χ3n) is 3.55. The van der Waals surface area contributed by atoms with Crippen LogP contribution >= 0.6 is 11.3 Å². The zero-order chi connectivity index (χ0) is 18.0. The predicted octanol–water partition coefficient (Wildman–Crippen LogP) is 2.29. The summed E-state index contributed by atoms with van der Waals surface area (Å²) in [4.78, 5) is 33.0. The van der Waals surface area contributed by atoms with Crippen LogP contribution in [0.1, 0.15) is 44.9 Å². The number of carboxylic acid groups (broad SMARTS) is 2. The lowest BCUT2D eigenvalue weighted by atomic mass is 9.95. The maximum atomic E-state index is 11.6. The zero-order valence-corrected chi connectivity index (χ0v) is 14.0. The summed E-state index contributed by atoms with van der Waals surface area (Å²) in [6, 6.07) is 4.04. The lowest BCUT2D eigenvalue weighted by molar-refractivity contribution is -0.174. The Morgan fingerprint density at radius 1 is 1.04 bits per heavy atom. The third-order valence-corrected chi connectivity index (χ3v) is 4.18. The molecule has 7 nitrogen and oxygen atoms in total. The number of hydrogen-bond acceptors (Lipinski definition) is 6. The van der Waals surface area contributed by atoms with Crippen LogP contribution in [-0.2, 0) is 19.1 Å². The van der Waals surface area contributed by atoms with Crippen molar-refractivity contribution >= 4 is 29.2 Å². The molecule has 1 unspecified atom stereocenters. The Morgan fingerprint density at radius 3 is 2.04 bits per heavy atom. The van der Waals surface area contributed by atoms with Gasteiger partial charge in [-0.3, -0.25) is 9.59 Å². The Labute approximate surface area is 143 Å². The fraction of sp³-hybridized carbons (Fsp3) is 0.562. The van der Waals surface area contributed by atoms with E-state index in [4.69, 9.17) is 14.9 Å². The van der Waals surface area contributed by atoms with E-state index in [1.807, 2.05) is 22.9 Å². The Balaban J connectivity index is 0.000000488. The van der Waals surface area contributed by atoms with Gasteiger partial charge >= 0.3 is 17.9 Å². The van der Waals surface area contributed by atoms with Gasteiger partial charge < -0.3 is 20.1 Å². The highest BCUT2D eigenvalue weighted by Crippen LogP contribution is 2.23. The number of ether oxygens (including phenoxy) is 1. The molecule has 1 aromatic heterocycles. The SMILES string of the molecule is O=C(O)CC(O)(CC(=O)OC1CCCCC1)C(=O)O.c1ccsc1. The minimum absolute atomic E-state index is 0.260. The quantitative estimate of drug-likeness (QED) is 0.667. The number of carbonyl (C=O) groups excluding carboxylic acids is 1. The average Bonchev–Trinajstić information content (AvgIpc) is 3.06. The molecule has 0 radical (unpaired) electrons. The molecule has 0 aromatic carbocycles. The van der Waals surface area contributed by atoms with Crippen molar-refractivity contribution in [3.05, 3.63) is 22.9 Å². The largest absolute Gasteiger partial charge is 0.481 e. The van der Waals surface area contributed by atoms with Crippen LogP contribution < -0.4 is 0 Å². The highest BCUT2D eigenvalue weighted by molar-refractivity contribution is 7.07. The molecule has 1 aliphatic rings. The molecule has 0 aliphatic heterocycles. The van der Waals surface area contributed by atoms with E-state index in [9.17, 15) is 19.5 Å². The topological polar surface area (TPSA) is 121 Å². The van der Waals surface area contributed by atoms with E-state index in [0.29, 0.717) is 0 Å². The predicted molar refractivity (Wildman–Crippen MR) is 86.7 cm³/mol. The lowest BCUT2D eigenvalue weighted by Crippen LogP contribution is -2.43. The van der Waals surface area contributed by atoms with Crippen LogP contribution in [0.4, 0.5) is 0 Å². The highest BCUT2D eigenvalue weighted by Gasteiger charge is 2.41. The van der Waals surface area contributed by atoms with E-state index in [-0.39, 0.29) is 6.10 Å². The van der Waals surface area contributed by atoms with Crippen molar-refractivity contribution in [1.82, 2.24) is 0 Å². The van der Waals surface area contributed by atoms with Crippen LogP contribution in [0.25, 0.3) is 0 Å². The fourth-order valence-corrected chi connectivity index (χ4v) is 2.79. The second kappa shape index (κ2) is 10.0. The van der Waals surface area contributed by atoms with E-state index < -0.39 is 36.4 Å². The number of thiophene rings is 1. The average molecular weight is 358 g/mol. The van der Waals surface area contributed by atoms with Gasteiger partial charge in [0, 0.05) is 0 Å². The first-order valence-corrected chi connectivity index (χ1v) is 8.62. The number of esters is 1. The molecule has 24 heavy (non-hydrogen) atoms. The van der Waals surface area contributed by atoms with E-state index in [2.05, 4.69) is 0 Å². The molecule has 1 saturated carbocycles. The van der Waals surface area contributed by atoms with Crippen molar-refractivity contribution in [3.8, 4) is 0 Å². The second-order valence-electron chi connectivity index (χ2n) is 5.63. The second-order valence-corrected chi connectivity index (χ2v) is 6.44. The Hall–Kier alpha value is -1.93. The molecule has 3 N–H and O–H groups in total. The lowest BCUT2D eigenvalue weighted by Gasteiger charge is -2.25. The summed E-state index contributed by atoms with van der Waals surface area (Å²) in [5.41, 5.74) is -2.61. The third kappa shape index (κ3) is 7.56. The summed E-state index contributed by atoms with van der Waals surface area (Å²) < 4.78 is 5.06. The van der Waals surface area contributed by atoms with Crippen molar-refractivity contribution in [2.45, 2.75) is 56.7 Å². The summed E-state index contributed by atoms with van der Waals surface area (Å²) in [6.07, 6.45) is 2.24. The molecule has 134 valence electrons. The molecule has 0 amide bonds. The maximum Gasteiger partial charge on any atom is 0.336 e. The van der Waals surface area contributed by atoms with Crippen LogP contribution in [0.5, 0.6) is 0 Å². The Bertz CT molecular complexity index is 505. The maximum absolute atomic E-state index is 11.6. The number of aliphatic carboxylic acids is 2. The van der Waals surface area contributed by atoms with Gasteiger partial charge in [0.2, 0.25) is 0 Å². The van der Waals surface area contributed by atoms with Crippen LogP contribution in [-0.4, -0.2) is 44.9 Å². The molecule has 1 aromatic rings. The van der Waals surface area contributed by atoms with Crippen LogP contribution in [0.2, 0.25) is 0 Å². The molecule has 1 atom stereocenters. The van der Waals surface area contributed by atoms with E-state index in [1.165, 1.54) is 0 Å².